The topological polar surface area (TPSA) is 56.8 Å². The van der Waals surface area contributed by atoms with E-state index >= 15 is 4.11 Å². The summed E-state index contributed by atoms with van der Waals surface area (Å²) in [6.45, 7) is 13.5. The zero-order valence-electron chi connectivity index (χ0n) is 26.5. The quantitative estimate of drug-likeness (QED) is 0.207. The van der Waals surface area contributed by atoms with Crippen molar-refractivity contribution >= 4 is 19.7 Å². The van der Waals surface area contributed by atoms with Gasteiger partial charge in [-0.05, 0) is 67.9 Å². The highest BCUT2D eigenvalue weighted by atomic mass is 28.4. The first-order chi connectivity index (χ1) is 20.4. The molecule has 0 aromatic heterocycles. The van der Waals surface area contributed by atoms with Gasteiger partial charge >= 0.3 is 6.09 Å². The first kappa shape index (κ1) is 31.4. The molecular formula is C36H46FNO4Si. The van der Waals surface area contributed by atoms with Crippen molar-refractivity contribution in [3.63, 3.8) is 0 Å². The summed E-state index contributed by atoms with van der Waals surface area (Å²) in [6, 6.07) is 22.5. The summed E-state index contributed by atoms with van der Waals surface area (Å²) in [5.74, 6) is -0.0102. The normalized spacial score (nSPS) is 17.3. The Morgan fingerprint density at radius 1 is 0.907 bits per heavy atom. The van der Waals surface area contributed by atoms with Crippen LogP contribution in [0.5, 0.6) is 0 Å². The van der Waals surface area contributed by atoms with Gasteiger partial charge < -0.3 is 23.6 Å². The number of ether oxygens (including phenoxy) is 3. The largest absolute Gasteiger partial charge is 0.449 e. The third-order valence-corrected chi connectivity index (χ3v) is 14.1. The molecule has 5 nitrogen and oxygen atoms in total. The van der Waals surface area contributed by atoms with Gasteiger partial charge in [-0.3, -0.25) is 0 Å². The van der Waals surface area contributed by atoms with Crippen molar-refractivity contribution in [2.24, 2.45) is 0 Å². The molecule has 1 saturated heterocycles. The third-order valence-electron chi connectivity index (χ3n) is 8.87. The fourth-order valence-corrected chi connectivity index (χ4v) is 11.7. The van der Waals surface area contributed by atoms with Crippen LogP contribution in [-0.4, -0.2) is 34.0 Å². The van der Waals surface area contributed by atoms with Gasteiger partial charge in [-0.2, -0.15) is 0 Å². The maximum absolute atomic E-state index is 17.4. The standard InChI is InChI=1S/C36H46FNO4Si/c1-35(2,3)43(37,36(4,5)6)27-20-25(19-26(21-27)23-41-33-17-11-12-18-40-33)22-38-34(39)42-24-32-30-15-9-7-13-28(30)29-14-8-10-16-31(29)32/h7-10,13-16,19-21,32-33H,11-12,17-18,22-24H2,1-6H3,(H,38,39). The number of nitrogens with one attached hydrogen (secondary N) is 1. The fraction of sp³-hybridized carbons (Fsp3) is 0.472. The number of benzene rings is 3. The van der Waals surface area contributed by atoms with Crippen LogP contribution >= 0.6 is 0 Å². The zero-order valence-corrected chi connectivity index (χ0v) is 27.5. The highest BCUT2D eigenvalue weighted by Crippen LogP contribution is 2.51. The lowest BCUT2D eigenvalue weighted by Gasteiger charge is -2.45. The summed E-state index contributed by atoms with van der Waals surface area (Å²) in [6.07, 6.45) is 2.26. The number of carbonyl (C=O) groups excluding carboxylic acids is 1. The molecule has 2 aliphatic rings. The summed E-state index contributed by atoms with van der Waals surface area (Å²) < 4.78 is 35.0. The summed E-state index contributed by atoms with van der Waals surface area (Å²) in [5.41, 5.74) is 6.44. The van der Waals surface area contributed by atoms with Crippen molar-refractivity contribution in [3.8, 4) is 11.1 Å². The van der Waals surface area contributed by atoms with Gasteiger partial charge in [0.2, 0.25) is 0 Å². The smallest absolute Gasteiger partial charge is 0.407 e. The Kier molecular flexibility index (Phi) is 9.17. The molecule has 1 aliphatic heterocycles. The van der Waals surface area contributed by atoms with Crippen molar-refractivity contribution in [1.29, 1.82) is 0 Å². The number of hydrogen-bond acceptors (Lipinski definition) is 4. The van der Waals surface area contributed by atoms with Crippen LogP contribution in [0.15, 0.2) is 66.7 Å². The van der Waals surface area contributed by atoms with Crippen molar-refractivity contribution in [2.45, 2.75) is 96.2 Å². The number of hydrogen-bond donors (Lipinski definition) is 1. The van der Waals surface area contributed by atoms with Crippen LogP contribution in [0.25, 0.3) is 11.1 Å². The molecule has 1 unspecified atom stereocenters. The maximum atomic E-state index is 17.4. The van der Waals surface area contributed by atoms with Gasteiger partial charge in [-0.25, -0.2) is 4.79 Å². The van der Waals surface area contributed by atoms with E-state index in [1.807, 2.05) is 84.0 Å². The van der Waals surface area contributed by atoms with Gasteiger partial charge in [0.15, 0.2) is 6.29 Å². The van der Waals surface area contributed by atoms with Gasteiger partial charge in [0, 0.05) is 19.1 Å². The zero-order chi connectivity index (χ0) is 30.8. The number of carbonyl (C=O) groups is 1. The molecule has 1 aliphatic carbocycles. The van der Waals surface area contributed by atoms with Crippen LogP contribution in [0.3, 0.4) is 0 Å². The van der Waals surface area contributed by atoms with Gasteiger partial charge in [-0.15, -0.1) is 0 Å². The van der Waals surface area contributed by atoms with Gasteiger partial charge in [0.25, 0.3) is 8.41 Å². The van der Waals surface area contributed by atoms with Crippen LogP contribution < -0.4 is 10.5 Å². The van der Waals surface area contributed by atoms with E-state index < -0.39 is 24.6 Å². The lowest BCUT2D eigenvalue weighted by molar-refractivity contribution is -0.168. The second-order valence-electron chi connectivity index (χ2n) is 14.0. The molecule has 43 heavy (non-hydrogen) atoms. The van der Waals surface area contributed by atoms with Crippen LogP contribution in [0.4, 0.5) is 8.90 Å². The Balaban J connectivity index is 1.32. The Bertz CT molecular complexity index is 1380. The van der Waals surface area contributed by atoms with Crippen molar-refractivity contribution in [1.82, 2.24) is 5.32 Å². The lowest BCUT2D eigenvalue weighted by Crippen LogP contribution is -2.58. The molecule has 230 valence electrons. The summed E-state index contributed by atoms with van der Waals surface area (Å²) in [4.78, 5) is 13.0. The maximum Gasteiger partial charge on any atom is 0.407 e. The molecule has 3 aromatic rings. The first-order valence-electron chi connectivity index (χ1n) is 15.5. The van der Waals surface area contributed by atoms with E-state index in [2.05, 4.69) is 29.6 Å². The fourth-order valence-electron chi connectivity index (χ4n) is 6.99. The third kappa shape index (κ3) is 6.59. The lowest BCUT2D eigenvalue weighted by atomic mass is 9.98. The second kappa shape index (κ2) is 12.5. The molecule has 1 atom stereocenters. The van der Waals surface area contributed by atoms with Crippen molar-refractivity contribution in [3.05, 3.63) is 89.0 Å². The minimum atomic E-state index is -3.55. The van der Waals surface area contributed by atoms with E-state index in [1.165, 1.54) is 22.3 Å². The summed E-state index contributed by atoms with van der Waals surface area (Å²) >= 11 is 0. The first-order valence-corrected chi connectivity index (χ1v) is 17.4. The number of fused-ring (bicyclic) bond motifs is 3. The van der Waals surface area contributed by atoms with E-state index in [-0.39, 0.29) is 25.4 Å². The van der Waals surface area contributed by atoms with Crippen molar-refractivity contribution < 1.29 is 23.1 Å². The van der Waals surface area contributed by atoms with E-state index in [1.54, 1.807) is 0 Å². The highest BCUT2D eigenvalue weighted by Gasteiger charge is 2.56. The number of amides is 1. The molecule has 1 amide bonds. The molecule has 3 aromatic carbocycles. The average molecular weight is 604 g/mol. The molecule has 0 radical (unpaired) electrons. The predicted molar refractivity (Wildman–Crippen MR) is 173 cm³/mol. The monoisotopic (exact) mass is 603 g/mol. The molecule has 1 heterocycles. The molecule has 0 bridgehead atoms. The van der Waals surface area contributed by atoms with Gasteiger partial charge in [0.05, 0.1) is 6.61 Å². The van der Waals surface area contributed by atoms with Crippen LogP contribution in [-0.2, 0) is 27.4 Å². The molecular weight excluding hydrogens is 557 g/mol. The van der Waals surface area contributed by atoms with Crippen LogP contribution in [0.1, 0.15) is 89.0 Å². The molecule has 7 heteroatoms. The molecule has 0 saturated carbocycles. The van der Waals surface area contributed by atoms with Gasteiger partial charge in [-0.1, -0.05) is 108 Å². The molecule has 5 rings (SSSR count). The van der Waals surface area contributed by atoms with Crippen molar-refractivity contribution in [2.75, 3.05) is 13.2 Å². The van der Waals surface area contributed by atoms with E-state index in [0.29, 0.717) is 13.2 Å². The number of rotatable bonds is 8. The van der Waals surface area contributed by atoms with E-state index in [4.69, 9.17) is 14.2 Å². The SMILES string of the molecule is CC(C)(C)[Si](F)(c1cc(CNC(=O)OCC2c3ccccc3-c3ccccc32)cc(COC2CCCCO2)c1)C(C)(C)C. The van der Waals surface area contributed by atoms with E-state index in [9.17, 15) is 4.79 Å². The Labute approximate surface area is 257 Å². The Morgan fingerprint density at radius 2 is 1.51 bits per heavy atom. The summed E-state index contributed by atoms with van der Waals surface area (Å²) in [5, 5.41) is 2.58. The second-order valence-corrected chi connectivity index (χ2v) is 18.9. The Morgan fingerprint density at radius 3 is 2.09 bits per heavy atom. The Hall–Kier alpha value is -3.00. The number of alkyl carbamates (subject to hydrolysis) is 1. The number of halogens is 1. The minimum Gasteiger partial charge on any atom is -0.449 e. The van der Waals surface area contributed by atoms with Crippen LogP contribution in [0.2, 0.25) is 10.1 Å². The molecule has 1 fully saturated rings. The average Bonchev–Trinajstić information content (AvgIpc) is 3.30. The molecule has 1 N–H and O–H groups in total. The predicted octanol–water partition coefficient (Wildman–Crippen LogP) is 8.49. The van der Waals surface area contributed by atoms with Crippen LogP contribution in [0, 0.1) is 0 Å². The highest BCUT2D eigenvalue weighted by molar-refractivity contribution is 6.90. The minimum absolute atomic E-state index is 0.0102. The van der Waals surface area contributed by atoms with Gasteiger partial charge in [0.1, 0.15) is 6.61 Å². The summed E-state index contributed by atoms with van der Waals surface area (Å²) in [7, 11) is -3.55. The molecule has 0 spiro atoms. The van der Waals surface area contributed by atoms with E-state index in [0.717, 1.165) is 35.6 Å².